The molecular formula is C21H22N4O. The largest absolute Gasteiger partial charge is 0.350 e. The van der Waals surface area contributed by atoms with Crippen molar-refractivity contribution in [2.45, 2.75) is 20.4 Å². The first-order chi connectivity index (χ1) is 12.7. The van der Waals surface area contributed by atoms with E-state index in [4.69, 9.17) is 0 Å². The molecule has 0 unspecified atom stereocenters. The molecule has 0 aliphatic carbocycles. The molecule has 2 aromatic heterocycles. The third-order valence-corrected chi connectivity index (χ3v) is 4.25. The van der Waals surface area contributed by atoms with Crippen molar-refractivity contribution in [3.8, 4) is 11.3 Å². The number of nitrogens with one attached hydrogen (secondary N) is 1. The van der Waals surface area contributed by atoms with Crippen molar-refractivity contribution in [3.05, 3.63) is 78.5 Å². The van der Waals surface area contributed by atoms with Crippen LogP contribution in [0.1, 0.15) is 29.9 Å². The smallest absolute Gasteiger partial charge is 0.252 e. The summed E-state index contributed by atoms with van der Waals surface area (Å²) in [5.74, 6) is -0.120. The third-order valence-electron chi connectivity index (χ3n) is 4.25. The van der Waals surface area contributed by atoms with Gasteiger partial charge in [0.1, 0.15) is 0 Å². The Hall–Kier alpha value is -3.21. The van der Waals surface area contributed by atoms with E-state index in [1.165, 1.54) is 0 Å². The van der Waals surface area contributed by atoms with E-state index in [9.17, 15) is 4.79 Å². The number of carbonyl (C=O) groups excluding carboxylic acids is 1. The van der Waals surface area contributed by atoms with Crippen LogP contribution >= 0.6 is 0 Å². The minimum atomic E-state index is -0.120. The van der Waals surface area contributed by atoms with Gasteiger partial charge in [0.15, 0.2) is 0 Å². The Labute approximate surface area is 153 Å². The molecule has 1 aromatic carbocycles. The topological polar surface area (TPSA) is 59.8 Å². The number of carbonyl (C=O) groups is 1. The maximum absolute atomic E-state index is 12.1. The fourth-order valence-electron chi connectivity index (χ4n) is 2.80. The van der Waals surface area contributed by atoms with Gasteiger partial charge < -0.3 is 9.88 Å². The van der Waals surface area contributed by atoms with Crippen molar-refractivity contribution >= 4 is 11.5 Å². The van der Waals surface area contributed by atoms with Crippen LogP contribution < -0.4 is 5.32 Å². The van der Waals surface area contributed by atoms with Crippen molar-refractivity contribution in [3.63, 3.8) is 0 Å². The Morgan fingerprint density at radius 3 is 2.69 bits per heavy atom. The number of hydrogen-bond donors (Lipinski definition) is 1. The van der Waals surface area contributed by atoms with Gasteiger partial charge in [-0.3, -0.25) is 9.78 Å². The fourth-order valence-corrected chi connectivity index (χ4v) is 2.80. The first-order valence-corrected chi connectivity index (χ1v) is 8.62. The molecular weight excluding hydrogens is 324 g/mol. The number of rotatable bonds is 6. The molecule has 0 aliphatic heterocycles. The molecule has 0 aliphatic rings. The molecule has 2 heterocycles. The summed E-state index contributed by atoms with van der Waals surface area (Å²) >= 11 is 0. The monoisotopic (exact) mass is 346 g/mol. The number of imidazole rings is 1. The molecule has 0 spiro atoms. The van der Waals surface area contributed by atoms with Gasteiger partial charge in [-0.05, 0) is 31.6 Å². The van der Waals surface area contributed by atoms with Crippen molar-refractivity contribution < 1.29 is 4.79 Å². The lowest BCUT2D eigenvalue weighted by Crippen LogP contribution is -2.27. The summed E-state index contributed by atoms with van der Waals surface area (Å²) < 4.78 is 2.08. The van der Waals surface area contributed by atoms with E-state index in [0.717, 1.165) is 22.5 Å². The number of hydrogen-bond acceptors (Lipinski definition) is 3. The van der Waals surface area contributed by atoms with E-state index in [1.807, 2.05) is 31.5 Å². The van der Waals surface area contributed by atoms with E-state index in [1.54, 1.807) is 24.5 Å². The van der Waals surface area contributed by atoms with Crippen LogP contribution in [0.5, 0.6) is 0 Å². The molecule has 0 radical (unpaired) electrons. The summed E-state index contributed by atoms with van der Waals surface area (Å²) in [5.41, 5.74) is 4.84. The maximum Gasteiger partial charge on any atom is 0.252 e. The molecule has 132 valence electrons. The minimum absolute atomic E-state index is 0.120. The molecule has 3 aromatic rings. The zero-order valence-corrected chi connectivity index (χ0v) is 15.0. The van der Waals surface area contributed by atoms with Crippen molar-refractivity contribution in [2.24, 2.45) is 0 Å². The van der Waals surface area contributed by atoms with Gasteiger partial charge in [0, 0.05) is 31.0 Å². The summed E-state index contributed by atoms with van der Waals surface area (Å²) in [5, 5.41) is 2.93. The number of aromatic nitrogens is 3. The van der Waals surface area contributed by atoms with Gasteiger partial charge in [-0.15, -0.1) is 0 Å². The second kappa shape index (κ2) is 8.25. The molecule has 0 bridgehead atoms. The number of benzene rings is 1. The van der Waals surface area contributed by atoms with E-state index in [-0.39, 0.29) is 5.91 Å². The zero-order valence-electron chi connectivity index (χ0n) is 15.0. The number of amides is 1. The first-order valence-electron chi connectivity index (χ1n) is 8.62. The highest BCUT2D eigenvalue weighted by atomic mass is 16.1. The molecule has 0 saturated heterocycles. The number of nitrogens with zero attached hydrogens (tertiary/aromatic N) is 3. The maximum atomic E-state index is 12.1. The van der Waals surface area contributed by atoms with Gasteiger partial charge >= 0.3 is 0 Å². The van der Waals surface area contributed by atoms with Gasteiger partial charge in [-0.1, -0.05) is 36.4 Å². The highest BCUT2D eigenvalue weighted by Gasteiger charge is 2.14. The quantitative estimate of drug-likeness (QED) is 0.738. The third kappa shape index (κ3) is 3.88. The van der Waals surface area contributed by atoms with Gasteiger partial charge in [-0.2, -0.15) is 0 Å². The lowest BCUT2D eigenvalue weighted by Gasteiger charge is -2.11. The van der Waals surface area contributed by atoms with Crippen LogP contribution in [0.4, 0.5) is 0 Å². The summed E-state index contributed by atoms with van der Waals surface area (Å²) in [7, 11) is 0. The molecule has 3 rings (SSSR count). The standard InChI is InChI=1S/C21H22N4O/c1-3-16(2)20-19(17-8-5-4-6-9-17)24-15-25(20)13-12-23-21(26)18-10-7-11-22-14-18/h3-11,14-15H,12-13H2,1-2H3,(H,23,26)/b16-3+. The molecule has 1 N–H and O–H groups in total. The van der Waals surface area contributed by atoms with Crippen LogP contribution in [0.2, 0.25) is 0 Å². The van der Waals surface area contributed by atoms with Crippen LogP contribution in [0.15, 0.2) is 67.3 Å². The van der Waals surface area contributed by atoms with Gasteiger partial charge in [0.05, 0.1) is 23.3 Å². The summed E-state index contributed by atoms with van der Waals surface area (Å²) in [6.07, 6.45) is 7.13. The number of pyridine rings is 1. The predicted molar refractivity (Wildman–Crippen MR) is 104 cm³/mol. The van der Waals surface area contributed by atoms with Gasteiger partial charge in [0.25, 0.3) is 5.91 Å². The summed E-state index contributed by atoms with van der Waals surface area (Å²) in [6, 6.07) is 13.6. The van der Waals surface area contributed by atoms with Crippen molar-refractivity contribution in [1.29, 1.82) is 0 Å². The second-order valence-corrected chi connectivity index (χ2v) is 5.97. The van der Waals surface area contributed by atoms with E-state index >= 15 is 0 Å². The Morgan fingerprint density at radius 1 is 1.19 bits per heavy atom. The Morgan fingerprint density at radius 2 is 2.00 bits per heavy atom. The molecule has 0 fully saturated rings. The Bertz CT molecular complexity index is 898. The van der Waals surface area contributed by atoms with E-state index in [2.05, 4.69) is 45.0 Å². The van der Waals surface area contributed by atoms with Crippen LogP contribution in [-0.2, 0) is 6.54 Å². The van der Waals surface area contributed by atoms with Crippen molar-refractivity contribution in [2.75, 3.05) is 6.54 Å². The second-order valence-electron chi connectivity index (χ2n) is 5.97. The Balaban J connectivity index is 1.76. The summed E-state index contributed by atoms with van der Waals surface area (Å²) in [4.78, 5) is 20.7. The fraction of sp³-hybridized carbons (Fsp3) is 0.190. The normalized spacial score (nSPS) is 11.4. The highest BCUT2D eigenvalue weighted by Crippen LogP contribution is 2.27. The molecule has 1 amide bonds. The molecule has 5 heteroatoms. The van der Waals surface area contributed by atoms with Gasteiger partial charge in [0.2, 0.25) is 0 Å². The average molecular weight is 346 g/mol. The van der Waals surface area contributed by atoms with Crippen LogP contribution in [0.3, 0.4) is 0 Å². The highest BCUT2D eigenvalue weighted by molar-refractivity contribution is 5.93. The lowest BCUT2D eigenvalue weighted by atomic mass is 10.1. The van der Waals surface area contributed by atoms with Crippen LogP contribution in [0, 0.1) is 0 Å². The van der Waals surface area contributed by atoms with Crippen LogP contribution in [0.25, 0.3) is 16.8 Å². The first kappa shape index (κ1) is 17.6. The lowest BCUT2D eigenvalue weighted by molar-refractivity contribution is 0.0952. The Kier molecular flexibility index (Phi) is 5.59. The summed E-state index contributed by atoms with van der Waals surface area (Å²) in [6.45, 7) is 5.26. The molecule has 0 saturated carbocycles. The zero-order chi connectivity index (χ0) is 18.4. The van der Waals surface area contributed by atoms with E-state index in [0.29, 0.717) is 18.7 Å². The molecule has 0 atom stereocenters. The SMILES string of the molecule is C/C=C(\C)c1c(-c2ccccc2)ncn1CCNC(=O)c1cccnc1. The van der Waals surface area contributed by atoms with E-state index < -0.39 is 0 Å². The van der Waals surface area contributed by atoms with Gasteiger partial charge in [-0.25, -0.2) is 4.98 Å². The molecule has 5 nitrogen and oxygen atoms in total. The number of allylic oxidation sites excluding steroid dienone is 2. The van der Waals surface area contributed by atoms with Crippen molar-refractivity contribution in [1.82, 2.24) is 19.9 Å². The predicted octanol–water partition coefficient (Wildman–Crippen LogP) is 3.80. The van der Waals surface area contributed by atoms with Crippen LogP contribution in [-0.4, -0.2) is 27.0 Å². The average Bonchev–Trinajstić information content (AvgIpc) is 3.12. The molecule has 26 heavy (non-hydrogen) atoms. The minimum Gasteiger partial charge on any atom is -0.350 e.